The van der Waals surface area contributed by atoms with Crippen LogP contribution in [0, 0.1) is 13.8 Å². The second-order valence-corrected chi connectivity index (χ2v) is 9.67. The molecule has 4 aromatic carbocycles. The molecule has 0 unspecified atom stereocenters. The summed E-state index contributed by atoms with van der Waals surface area (Å²) in [7, 11) is 0. The van der Waals surface area contributed by atoms with Crippen molar-refractivity contribution in [2.75, 3.05) is 6.54 Å². The predicted molar refractivity (Wildman–Crippen MR) is 153 cm³/mol. The Labute approximate surface area is 225 Å². The van der Waals surface area contributed by atoms with Crippen LogP contribution in [0.4, 0.5) is 0 Å². The third-order valence-electron chi connectivity index (χ3n) is 6.64. The fourth-order valence-electron chi connectivity index (χ4n) is 4.27. The summed E-state index contributed by atoms with van der Waals surface area (Å²) < 4.78 is 12.7. The topological polar surface area (TPSA) is 64.8 Å². The van der Waals surface area contributed by atoms with Crippen LogP contribution in [0.15, 0.2) is 97.1 Å². The Balaban J connectivity index is 1.59. The number of carbonyl (C=O) groups excluding carboxylic acids is 1. The summed E-state index contributed by atoms with van der Waals surface area (Å²) >= 11 is 0. The van der Waals surface area contributed by atoms with Crippen molar-refractivity contribution in [2.45, 2.75) is 46.3 Å². The summed E-state index contributed by atoms with van der Waals surface area (Å²) in [6.45, 7) is 7.54. The van der Waals surface area contributed by atoms with E-state index in [0.29, 0.717) is 26.1 Å². The predicted octanol–water partition coefficient (Wildman–Crippen LogP) is 7.20. The molecule has 2 N–H and O–H groups in total. The van der Waals surface area contributed by atoms with Crippen LogP contribution in [-0.4, -0.2) is 23.3 Å². The maximum atomic E-state index is 11.9. The van der Waals surface area contributed by atoms with Crippen molar-refractivity contribution in [3.8, 4) is 23.0 Å². The summed E-state index contributed by atoms with van der Waals surface area (Å²) in [6, 6.07) is 31.7. The average Bonchev–Trinajstić information content (AvgIpc) is 2.91. The summed E-state index contributed by atoms with van der Waals surface area (Å²) in [5.74, 6) is 3.29. The normalized spacial score (nSPS) is 11.8. The quantitative estimate of drug-likeness (QED) is 0.219. The van der Waals surface area contributed by atoms with Gasteiger partial charge in [-0.1, -0.05) is 72.8 Å². The SMILES string of the molecule is CC(=O)[C@@H](N)CCN(Cc1ccccc1Oc1ccccc1C)Cc1ccccc1Oc1ccccc1C. The van der Waals surface area contributed by atoms with E-state index in [1.54, 1.807) is 6.92 Å². The lowest BCUT2D eigenvalue weighted by molar-refractivity contribution is -0.118. The molecular weight excluding hydrogens is 472 g/mol. The van der Waals surface area contributed by atoms with Crippen molar-refractivity contribution < 1.29 is 14.3 Å². The lowest BCUT2D eigenvalue weighted by Gasteiger charge is -2.26. The standard InChI is InChI=1S/C33H36N2O3/c1-24-12-4-8-16-30(24)37-32-18-10-6-14-27(32)22-35(21-20-29(34)26(3)36)23-28-15-7-11-19-33(28)38-31-17-9-5-13-25(31)2/h4-19,29H,20-23,34H2,1-3H3/t29-/m0/s1. The molecule has 0 aromatic heterocycles. The molecule has 0 aliphatic carbocycles. The summed E-state index contributed by atoms with van der Waals surface area (Å²) in [5, 5.41) is 0. The first-order chi connectivity index (χ1) is 18.4. The Morgan fingerprint density at radius 2 is 1.08 bits per heavy atom. The minimum atomic E-state index is -0.491. The van der Waals surface area contributed by atoms with Gasteiger partial charge in [-0.05, 0) is 62.6 Å². The number of hydrogen-bond acceptors (Lipinski definition) is 5. The number of nitrogens with two attached hydrogens (primary N) is 1. The molecule has 0 aliphatic heterocycles. The molecule has 0 aliphatic rings. The van der Waals surface area contributed by atoms with E-state index in [-0.39, 0.29) is 5.78 Å². The van der Waals surface area contributed by atoms with Crippen LogP contribution in [0.3, 0.4) is 0 Å². The van der Waals surface area contributed by atoms with Gasteiger partial charge in [0.15, 0.2) is 0 Å². The lowest BCUT2D eigenvalue weighted by atomic mass is 10.1. The molecule has 0 radical (unpaired) electrons. The van der Waals surface area contributed by atoms with Gasteiger partial charge < -0.3 is 15.2 Å². The van der Waals surface area contributed by atoms with Crippen molar-refractivity contribution in [2.24, 2.45) is 5.73 Å². The number of rotatable bonds is 12. The molecule has 5 heteroatoms. The van der Waals surface area contributed by atoms with E-state index in [9.17, 15) is 4.79 Å². The van der Waals surface area contributed by atoms with Gasteiger partial charge in [-0.2, -0.15) is 0 Å². The lowest BCUT2D eigenvalue weighted by Crippen LogP contribution is -2.34. The first-order valence-corrected chi connectivity index (χ1v) is 13.0. The summed E-state index contributed by atoms with van der Waals surface area (Å²) in [5.41, 5.74) is 10.4. The third-order valence-corrected chi connectivity index (χ3v) is 6.64. The maximum Gasteiger partial charge on any atom is 0.146 e. The molecule has 38 heavy (non-hydrogen) atoms. The minimum absolute atomic E-state index is 0.00322. The number of benzene rings is 4. The fourth-order valence-corrected chi connectivity index (χ4v) is 4.27. The van der Waals surface area contributed by atoms with E-state index in [1.807, 2.05) is 98.8 Å². The molecule has 1 atom stereocenters. The summed E-state index contributed by atoms with van der Waals surface area (Å²) in [6.07, 6.45) is 0.566. The van der Waals surface area contributed by atoms with Crippen LogP contribution < -0.4 is 15.2 Å². The molecule has 0 fully saturated rings. The van der Waals surface area contributed by atoms with Crippen molar-refractivity contribution in [1.29, 1.82) is 0 Å². The number of nitrogens with zero attached hydrogens (tertiary/aromatic N) is 1. The van der Waals surface area contributed by atoms with Gasteiger partial charge in [0.1, 0.15) is 28.8 Å². The Morgan fingerprint density at radius 3 is 1.50 bits per heavy atom. The van der Waals surface area contributed by atoms with E-state index < -0.39 is 6.04 Å². The van der Waals surface area contributed by atoms with Crippen molar-refractivity contribution in [3.05, 3.63) is 119 Å². The Morgan fingerprint density at radius 1 is 0.684 bits per heavy atom. The van der Waals surface area contributed by atoms with Gasteiger partial charge in [-0.3, -0.25) is 9.69 Å². The number of aryl methyl sites for hydroxylation is 2. The third kappa shape index (κ3) is 7.31. The van der Waals surface area contributed by atoms with E-state index in [4.69, 9.17) is 15.2 Å². The van der Waals surface area contributed by atoms with Gasteiger partial charge in [0.2, 0.25) is 0 Å². The van der Waals surface area contributed by atoms with Gasteiger partial charge in [0.05, 0.1) is 6.04 Å². The molecule has 0 saturated carbocycles. The molecule has 0 heterocycles. The second-order valence-electron chi connectivity index (χ2n) is 9.67. The zero-order valence-corrected chi connectivity index (χ0v) is 22.4. The van der Waals surface area contributed by atoms with Gasteiger partial charge >= 0.3 is 0 Å². The molecule has 0 bridgehead atoms. The van der Waals surface area contributed by atoms with E-state index >= 15 is 0 Å². The minimum Gasteiger partial charge on any atom is -0.457 e. The van der Waals surface area contributed by atoms with Crippen LogP contribution in [-0.2, 0) is 17.9 Å². The number of ketones is 1. The molecular formula is C33H36N2O3. The summed E-state index contributed by atoms with van der Waals surface area (Å²) in [4.78, 5) is 14.2. The largest absolute Gasteiger partial charge is 0.457 e. The fraction of sp³-hybridized carbons (Fsp3) is 0.242. The highest BCUT2D eigenvalue weighted by Gasteiger charge is 2.17. The first-order valence-electron chi connectivity index (χ1n) is 13.0. The number of carbonyl (C=O) groups is 1. The first kappa shape index (κ1) is 27.1. The number of ether oxygens (including phenoxy) is 2. The van der Waals surface area contributed by atoms with E-state index in [1.165, 1.54) is 0 Å². The van der Waals surface area contributed by atoms with Crippen LogP contribution in [0.1, 0.15) is 35.6 Å². The number of Topliss-reactive ketones (excluding diaryl/α,β-unsaturated/α-hetero) is 1. The van der Waals surface area contributed by atoms with Gasteiger partial charge in [0.25, 0.3) is 0 Å². The van der Waals surface area contributed by atoms with Crippen molar-refractivity contribution in [1.82, 2.24) is 4.90 Å². The van der Waals surface area contributed by atoms with Crippen LogP contribution in [0.25, 0.3) is 0 Å². The average molecular weight is 509 g/mol. The Kier molecular flexibility index (Phi) is 9.30. The van der Waals surface area contributed by atoms with Gasteiger partial charge in [-0.15, -0.1) is 0 Å². The van der Waals surface area contributed by atoms with Gasteiger partial charge in [0, 0.05) is 30.8 Å². The Bertz CT molecular complexity index is 1270. The molecule has 5 nitrogen and oxygen atoms in total. The number of hydrogen-bond donors (Lipinski definition) is 1. The molecule has 196 valence electrons. The molecule has 0 spiro atoms. The maximum absolute atomic E-state index is 11.9. The highest BCUT2D eigenvalue weighted by atomic mass is 16.5. The highest BCUT2D eigenvalue weighted by molar-refractivity contribution is 5.81. The zero-order valence-electron chi connectivity index (χ0n) is 22.4. The smallest absolute Gasteiger partial charge is 0.146 e. The molecule has 4 aromatic rings. The zero-order chi connectivity index (χ0) is 26.9. The molecule has 0 saturated heterocycles. The van der Waals surface area contributed by atoms with Crippen LogP contribution in [0.5, 0.6) is 23.0 Å². The molecule has 4 rings (SSSR count). The van der Waals surface area contributed by atoms with Crippen molar-refractivity contribution >= 4 is 5.78 Å². The van der Waals surface area contributed by atoms with E-state index in [2.05, 4.69) is 17.0 Å². The van der Waals surface area contributed by atoms with E-state index in [0.717, 1.165) is 45.3 Å². The second kappa shape index (κ2) is 13.0. The van der Waals surface area contributed by atoms with Crippen molar-refractivity contribution in [3.63, 3.8) is 0 Å². The Hall–Kier alpha value is -3.93. The van der Waals surface area contributed by atoms with Gasteiger partial charge in [-0.25, -0.2) is 0 Å². The monoisotopic (exact) mass is 508 g/mol. The van der Waals surface area contributed by atoms with Crippen LogP contribution >= 0.6 is 0 Å². The highest BCUT2D eigenvalue weighted by Crippen LogP contribution is 2.31. The number of para-hydroxylation sites is 4. The van der Waals surface area contributed by atoms with Crippen LogP contribution in [0.2, 0.25) is 0 Å². The molecule has 0 amide bonds.